The molecule has 2 fully saturated rings. The molecule has 2 saturated heterocycles. The van der Waals surface area contributed by atoms with Crippen LogP contribution in [0.1, 0.15) is 55.3 Å². The average Bonchev–Trinajstić information content (AvgIpc) is 3.47. The number of carbonyl (C=O) groups excluding carboxylic acids is 3. The lowest BCUT2D eigenvalue weighted by atomic mass is 9.77. The Balaban J connectivity index is 1.35. The van der Waals surface area contributed by atoms with E-state index in [1.54, 1.807) is 26.7 Å². The third-order valence-corrected chi connectivity index (χ3v) is 8.63. The number of fused-ring (bicyclic) bond motifs is 6. The summed E-state index contributed by atoms with van der Waals surface area (Å²) in [4.78, 5) is 50.5. The first-order valence-electron chi connectivity index (χ1n) is 14.5. The van der Waals surface area contributed by atoms with Crippen LogP contribution in [0.5, 0.6) is 11.5 Å². The molecule has 10 nitrogen and oxygen atoms in total. The molecule has 4 bridgehead atoms. The van der Waals surface area contributed by atoms with E-state index in [4.69, 9.17) is 9.47 Å². The van der Waals surface area contributed by atoms with Crippen LogP contribution >= 0.6 is 0 Å². The van der Waals surface area contributed by atoms with Crippen molar-refractivity contribution in [2.75, 3.05) is 40.4 Å². The fourth-order valence-electron chi connectivity index (χ4n) is 6.76. The predicted molar refractivity (Wildman–Crippen MR) is 149 cm³/mol. The van der Waals surface area contributed by atoms with Crippen LogP contribution in [-0.2, 0) is 33.6 Å². The number of ether oxygens (including phenoxy) is 2. The van der Waals surface area contributed by atoms with E-state index in [-0.39, 0.29) is 35.6 Å². The van der Waals surface area contributed by atoms with E-state index in [1.807, 2.05) is 11.0 Å². The Morgan fingerprint density at radius 2 is 1.93 bits per heavy atom. The zero-order chi connectivity index (χ0) is 28.1. The second-order valence-corrected chi connectivity index (χ2v) is 11.4. The summed E-state index contributed by atoms with van der Waals surface area (Å²) in [5, 5.41) is 3.05. The smallest absolute Gasteiger partial charge is 0.228 e. The van der Waals surface area contributed by atoms with Gasteiger partial charge in [-0.3, -0.25) is 14.4 Å². The number of aromatic nitrogens is 2. The molecule has 3 aliphatic heterocycles. The SMILES string of the molecule is COc1cc2cc(c1OC)CCCNC(=O)CCC[C@H]1[C@H]3C[C@@H](CN(C(=O)Cc4cnc[nH]4)C3)CN1C(=O)CC2. The monoisotopic (exact) mass is 551 g/mol. The summed E-state index contributed by atoms with van der Waals surface area (Å²) in [5.41, 5.74) is 2.88. The zero-order valence-electron chi connectivity index (χ0n) is 23.6. The molecule has 0 spiro atoms. The average molecular weight is 552 g/mol. The number of aromatic amines is 1. The molecule has 0 aliphatic carbocycles. The first kappa shape index (κ1) is 28.0. The van der Waals surface area contributed by atoms with Crippen LogP contribution in [0.4, 0.5) is 0 Å². The lowest BCUT2D eigenvalue weighted by Gasteiger charge is -2.51. The summed E-state index contributed by atoms with van der Waals surface area (Å²) in [6.07, 6.45) is 9.08. The first-order chi connectivity index (χ1) is 19.4. The van der Waals surface area contributed by atoms with Gasteiger partial charge in [0.2, 0.25) is 17.7 Å². The van der Waals surface area contributed by atoms with Gasteiger partial charge in [-0.25, -0.2) is 4.98 Å². The molecule has 0 saturated carbocycles. The minimum Gasteiger partial charge on any atom is -0.493 e. The fourth-order valence-corrected chi connectivity index (χ4v) is 6.76. The van der Waals surface area contributed by atoms with Crippen molar-refractivity contribution < 1.29 is 23.9 Å². The number of hydrogen-bond donors (Lipinski definition) is 2. The van der Waals surface area contributed by atoms with Gasteiger partial charge in [-0.2, -0.15) is 0 Å². The van der Waals surface area contributed by atoms with Crippen LogP contribution in [0.2, 0.25) is 0 Å². The number of carbonyl (C=O) groups is 3. The van der Waals surface area contributed by atoms with Gasteiger partial charge in [0, 0.05) is 57.0 Å². The highest BCUT2D eigenvalue weighted by Crippen LogP contribution is 2.37. The Labute approximate surface area is 235 Å². The molecule has 3 amide bonds. The maximum Gasteiger partial charge on any atom is 0.228 e. The summed E-state index contributed by atoms with van der Waals surface area (Å²) >= 11 is 0. The van der Waals surface area contributed by atoms with E-state index >= 15 is 0 Å². The standard InChI is InChI=1S/C30H41N5O5/c1-39-26-13-20-8-9-28(37)35-17-21-12-23(18-34(16-21)29(38)14-24-15-31-19-33-24)25(35)6-3-7-27(36)32-10-4-5-22(11-20)30(26)40-2/h11,13,15,19,21,23,25H,3-10,12,14,16-18H2,1-2H3,(H,31,33)(H,32,36)/t21-,23-,25-/m0/s1. The Morgan fingerprint density at radius 1 is 1.05 bits per heavy atom. The van der Waals surface area contributed by atoms with E-state index in [2.05, 4.69) is 26.3 Å². The predicted octanol–water partition coefficient (Wildman–Crippen LogP) is 2.51. The quantitative estimate of drug-likeness (QED) is 0.603. The van der Waals surface area contributed by atoms with Crippen molar-refractivity contribution in [1.82, 2.24) is 25.1 Å². The summed E-state index contributed by atoms with van der Waals surface area (Å²) in [6.45, 7) is 2.56. The van der Waals surface area contributed by atoms with Crippen LogP contribution < -0.4 is 14.8 Å². The maximum absolute atomic E-state index is 13.7. The van der Waals surface area contributed by atoms with Gasteiger partial charge in [-0.1, -0.05) is 6.07 Å². The van der Waals surface area contributed by atoms with Crippen molar-refractivity contribution in [3.05, 3.63) is 41.5 Å². The topological polar surface area (TPSA) is 117 Å². The lowest BCUT2D eigenvalue weighted by Crippen LogP contribution is -2.60. The molecule has 4 heterocycles. The molecule has 40 heavy (non-hydrogen) atoms. The molecule has 3 aliphatic rings. The van der Waals surface area contributed by atoms with Crippen molar-refractivity contribution in [1.29, 1.82) is 0 Å². The Kier molecular flexibility index (Phi) is 8.91. The number of piperidine rings is 2. The molecule has 0 radical (unpaired) electrons. The number of methoxy groups -OCH3 is 2. The molecule has 5 rings (SSSR count). The molecular formula is C30H41N5O5. The van der Waals surface area contributed by atoms with Crippen molar-refractivity contribution in [3.8, 4) is 11.5 Å². The molecule has 1 aromatic carbocycles. The lowest BCUT2D eigenvalue weighted by molar-refractivity contribution is -0.145. The number of H-pyrrole nitrogens is 1. The second kappa shape index (κ2) is 12.7. The number of nitrogens with one attached hydrogen (secondary N) is 2. The van der Waals surface area contributed by atoms with Crippen LogP contribution in [0.25, 0.3) is 0 Å². The maximum atomic E-state index is 13.7. The van der Waals surface area contributed by atoms with Gasteiger partial charge in [0.15, 0.2) is 11.5 Å². The van der Waals surface area contributed by atoms with Crippen molar-refractivity contribution in [3.63, 3.8) is 0 Å². The molecule has 2 aromatic rings. The molecule has 0 unspecified atom stereocenters. The summed E-state index contributed by atoms with van der Waals surface area (Å²) in [5.74, 6) is 2.11. The number of rotatable bonds is 4. The Morgan fingerprint density at radius 3 is 2.70 bits per heavy atom. The fraction of sp³-hybridized carbons (Fsp3) is 0.600. The van der Waals surface area contributed by atoms with Gasteiger partial charge in [-0.15, -0.1) is 0 Å². The molecule has 2 N–H and O–H groups in total. The molecule has 1 aromatic heterocycles. The second-order valence-electron chi connectivity index (χ2n) is 11.4. The number of amides is 3. The van der Waals surface area contributed by atoms with Gasteiger partial charge >= 0.3 is 0 Å². The number of nitrogens with zero attached hydrogens (tertiary/aromatic N) is 3. The number of imidazole rings is 1. The van der Waals surface area contributed by atoms with E-state index in [0.717, 1.165) is 42.5 Å². The summed E-state index contributed by atoms with van der Waals surface area (Å²) in [7, 11) is 3.26. The summed E-state index contributed by atoms with van der Waals surface area (Å²) in [6, 6.07) is 4.09. The van der Waals surface area contributed by atoms with Crippen molar-refractivity contribution >= 4 is 17.7 Å². The van der Waals surface area contributed by atoms with Crippen LogP contribution in [-0.4, -0.2) is 83.9 Å². The van der Waals surface area contributed by atoms with Gasteiger partial charge in [-0.05, 0) is 67.6 Å². The molecule has 3 atom stereocenters. The first-order valence-corrected chi connectivity index (χ1v) is 14.5. The van der Waals surface area contributed by atoms with Gasteiger partial charge in [0.05, 0.1) is 27.0 Å². The van der Waals surface area contributed by atoms with E-state index in [9.17, 15) is 14.4 Å². The highest BCUT2D eigenvalue weighted by Gasteiger charge is 2.43. The number of likely N-dealkylation sites (tertiary alicyclic amines) is 1. The number of aryl methyl sites for hydroxylation is 2. The van der Waals surface area contributed by atoms with Gasteiger partial charge in [0.1, 0.15) is 0 Å². The zero-order valence-corrected chi connectivity index (χ0v) is 23.6. The van der Waals surface area contributed by atoms with Crippen LogP contribution in [0.15, 0.2) is 24.7 Å². The van der Waals surface area contributed by atoms with Crippen LogP contribution in [0.3, 0.4) is 0 Å². The summed E-state index contributed by atoms with van der Waals surface area (Å²) < 4.78 is 11.3. The Bertz CT molecular complexity index is 1200. The molecule has 10 heteroatoms. The Hall–Kier alpha value is -3.56. The normalized spacial score (nSPS) is 24.2. The number of hydrogen-bond acceptors (Lipinski definition) is 6. The number of benzene rings is 1. The third kappa shape index (κ3) is 6.42. The minimum absolute atomic E-state index is 0.0215. The largest absolute Gasteiger partial charge is 0.493 e. The van der Waals surface area contributed by atoms with Gasteiger partial charge in [0.25, 0.3) is 0 Å². The van der Waals surface area contributed by atoms with Crippen molar-refractivity contribution in [2.24, 2.45) is 11.8 Å². The highest BCUT2D eigenvalue weighted by atomic mass is 16.5. The molecule has 216 valence electrons. The van der Waals surface area contributed by atoms with Crippen molar-refractivity contribution in [2.45, 2.75) is 63.8 Å². The molecular weight excluding hydrogens is 510 g/mol. The van der Waals surface area contributed by atoms with Gasteiger partial charge < -0.3 is 29.6 Å². The van der Waals surface area contributed by atoms with E-state index < -0.39 is 0 Å². The third-order valence-electron chi connectivity index (χ3n) is 8.63. The highest BCUT2D eigenvalue weighted by molar-refractivity contribution is 5.79. The van der Waals surface area contributed by atoms with E-state index in [0.29, 0.717) is 69.8 Å². The van der Waals surface area contributed by atoms with Crippen LogP contribution in [0, 0.1) is 11.8 Å². The minimum atomic E-state index is 0.0215. The van der Waals surface area contributed by atoms with E-state index in [1.165, 1.54) is 0 Å².